The van der Waals surface area contributed by atoms with Crippen molar-refractivity contribution in [3.8, 4) is 0 Å². The highest BCUT2D eigenvalue weighted by atomic mass is 79.9. The van der Waals surface area contributed by atoms with E-state index in [9.17, 15) is 14.3 Å². The predicted octanol–water partition coefficient (Wildman–Crippen LogP) is 2.03. The van der Waals surface area contributed by atoms with Crippen LogP contribution in [-0.2, 0) is 9.63 Å². The quantitative estimate of drug-likeness (QED) is 0.866. The minimum absolute atomic E-state index is 0.0808. The number of carbonyl (C=O) groups excluding carboxylic acids is 1. The van der Waals surface area contributed by atoms with Gasteiger partial charge in [0.25, 0.3) is 0 Å². The molecule has 0 aromatic heterocycles. The molecule has 17 heavy (non-hydrogen) atoms. The third kappa shape index (κ3) is 3.76. The fourth-order valence-corrected chi connectivity index (χ4v) is 1.65. The summed E-state index contributed by atoms with van der Waals surface area (Å²) in [5, 5.41) is 10.8. The Hall–Kier alpha value is -0.980. The topological polar surface area (TPSA) is 49.8 Å². The molecule has 1 aromatic carbocycles. The lowest BCUT2D eigenvalue weighted by atomic mass is 10.1. The summed E-state index contributed by atoms with van der Waals surface area (Å²) in [6.45, 7) is 0. The van der Waals surface area contributed by atoms with Gasteiger partial charge in [-0.3, -0.25) is 9.63 Å². The number of halogens is 2. The Kier molecular flexibility index (Phi) is 5.04. The maximum Gasteiger partial charge on any atom is 0.248 e. The first-order valence-corrected chi connectivity index (χ1v) is 5.68. The minimum atomic E-state index is -1.20. The molecule has 0 saturated heterocycles. The summed E-state index contributed by atoms with van der Waals surface area (Å²) in [5.41, 5.74) is 0.0808. The van der Waals surface area contributed by atoms with Gasteiger partial charge in [-0.1, -0.05) is 15.9 Å². The molecule has 1 atom stereocenters. The largest absolute Gasteiger partial charge is 0.388 e. The highest BCUT2D eigenvalue weighted by molar-refractivity contribution is 9.10. The SMILES string of the molecule is CON(C)C(=O)CC(O)c1cc(Br)ccc1F. The number of aliphatic hydroxyl groups excluding tert-OH is 1. The van der Waals surface area contributed by atoms with E-state index in [2.05, 4.69) is 20.8 Å². The molecule has 0 saturated carbocycles. The van der Waals surface area contributed by atoms with Crippen LogP contribution in [0.1, 0.15) is 18.1 Å². The molecule has 1 unspecified atom stereocenters. The average molecular weight is 306 g/mol. The smallest absolute Gasteiger partial charge is 0.248 e. The Balaban J connectivity index is 2.79. The van der Waals surface area contributed by atoms with Crippen LogP contribution in [0.4, 0.5) is 4.39 Å². The first-order chi connectivity index (χ1) is 7.95. The van der Waals surface area contributed by atoms with Crippen LogP contribution in [0.15, 0.2) is 22.7 Å². The van der Waals surface area contributed by atoms with E-state index in [-0.39, 0.29) is 12.0 Å². The van der Waals surface area contributed by atoms with Crippen LogP contribution in [-0.4, -0.2) is 30.2 Å². The molecule has 0 bridgehead atoms. The Bertz CT molecular complexity index is 414. The number of hydrogen-bond donors (Lipinski definition) is 1. The van der Waals surface area contributed by atoms with Crippen LogP contribution in [0, 0.1) is 5.82 Å². The number of rotatable bonds is 4. The van der Waals surface area contributed by atoms with E-state index in [0.29, 0.717) is 4.47 Å². The summed E-state index contributed by atoms with van der Waals surface area (Å²) in [6.07, 6.45) is -1.44. The fourth-order valence-electron chi connectivity index (χ4n) is 1.28. The van der Waals surface area contributed by atoms with Crippen molar-refractivity contribution in [2.24, 2.45) is 0 Å². The minimum Gasteiger partial charge on any atom is -0.388 e. The molecule has 1 amide bonds. The van der Waals surface area contributed by atoms with Crippen molar-refractivity contribution in [1.82, 2.24) is 5.06 Å². The summed E-state index contributed by atoms with van der Waals surface area (Å²) in [6, 6.07) is 4.20. The Morgan fingerprint density at radius 3 is 2.88 bits per heavy atom. The van der Waals surface area contributed by atoms with Crippen molar-refractivity contribution < 1.29 is 19.1 Å². The van der Waals surface area contributed by atoms with Gasteiger partial charge in [0, 0.05) is 17.1 Å². The molecular weight excluding hydrogens is 293 g/mol. The second-order valence-corrected chi connectivity index (χ2v) is 4.38. The molecule has 1 rings (SSSR count). The summed E-state index contributed by atoms with van der Waals surface area (Å²) < 4.78 is 14.1. The fraction of sp³-hybridized carbons (Fsp3) is 0.364. The van der Waals surface area contributed by atoms with Crippen molar-refractivity contribution >= 4 is 21.8 Å². The lowest BCUT2D eigenvalue weighted by molar-refractivity contribution is -0.170. The Morgan fingerprint density at radius 2 is 2.29 bits per heavy atom. The van der Waals surface area contributed by atoms with Gasteiger partial charge >= 0.3 is 0 Å². The van der Waals surface area contributed by atoms with Gasteiger partial charge in [-0.15, -0.1) is 0 Å². The molecule has 0 spiro atoms. The van der Waals surface area contributed by atoms with Crippen molar-refractivity contribution in [1.29, 1.82) is 0 Å². The van der Waals surface area contributed by atoms with Gasteiger partial charge in [0.1, 0.15) is 5.82 Å². The van der Waals surface area contributed by atoms with Gasteiger partial charge in [-0.25, -0.2) is 9.45 Å². The van der Waals surface area contributed by atoms with E-state index in [4.69, 9.17) is 0 Å². The van der Waals surface area contributed by atoms with Crippen LogP contribution < -0.4 is 0 Å². The Morgan fingerprint density at radius 1 is 1.65 bits per heavy atom. The van der Waals surface area contributed by atoms with E-state index in [0.717, 1.165) is 5.06 Å². The first kappa shape index (κ1) is 14.1. The number of benzene rings is 1. The van der Waals surface area contributed by atoms with E-state index in [1.54, 1.807) is 0 Å². The first-order valence-electron chi connectivity index (χ1n) is 4.89. The van der Waals surface area contributed by atoms with E-state index < -0.39 is 17.8 Å². The molecule has 0 fully saturated rings. The van der Waals surface area contributed by atoms with Gasteiger partial charge in [0.15, 0.2) is 0 Å². The molecule has 0 aliphatic rings. The maximum atomic E-state index is 13.4. The van der Waals surface area contributed by atoms with Crippen molar-refractivity contribution in [2.75, 3.05) is 14.2 Å². The molecular formula is C11H13BrFNO3. The molecule has 4 nitrogen and oxygen atoms in total. The zero-order valence-corrected chi connectivity index (χ0v) is 11.1. The van der Waals surface area contributed by atoms with Gasteiger partial charge in [-0.2, -0.15) is 0 Å². The summed E-state index contributed by atoms with van der Waals surface area (Å²) in [5.74, 6) is -0.979. The summed E-state index contributed by atoms with van der Waals surface area (Å²) >= 11 is 3.18. The van der Waals surface area contributed by atoms with Crippen LogP contribution in [0.2, 0.25) is 0 Å². The highest BCUT2D eigenvalue weighted by Gasteiger charge is 2.19. The zero-order chi connectivity index (χ0) is 13.0. The summed E-state index contributed by atoms with van der Waals surface area (Å²) in [7, 11) is 2.76. The zero-order valence-electron chi connectivity index (χ0n) is 9.48. The normalized spacial score (nSPS) is 12.3. The molecule has 1 N–H and O–H groups in total. The van der Waals surface area contributed by atoms with E-state index >= 15 is 0 Å². The predicted molar refractivity (Wildman–Crippen MR) is 63.5 cm³/mol. The van der Waals surface area contributed by atoms with Crippen molar-refractivity contribution in [3.63, 3.8) is 0 Å². The number of carbonyl (C=O) groups is 1. The lowest BCUT2D eigenvalue weighted by Crippen LogP contribution is -2.27. The number of hydrogen-bond acceptors (Lipinski definition) is 3. The average Bonchev–Trinajstić information content (AvgIpc) is 2.30. The third-order valence-electron chi connectivity index (χ3n) is 2.31. The number of nitrogens with zero attached hydrogens (tertiary/aromatic N) is 1. The standard InChI is InChI=1S/C11H13BrFNO3/c1-14(17-2)11(16)6-10(15)8-5-7(12)3-4-9(8)13/h3-5,10,15H,6H2,1-2H3. The third-order valence-corrected chi connectivity index (χ3v) is 2.80. The lowest BCUT2D eigenvalue weighted by Gasteiger charge is -2.17. The molecule has 0 aliphatic heterocycles. The summed E-state index contributed by atoms with van der Waals surface area (Å²) in [4.78, 5) is 16.1. The number of amides is 1. The van der Waals surface area contributed by atoms with Gasteiger partial charge in [0.05, 0.1) is 19.6 Å². The van der Waals surface area contributed by atoms with Crippen molar-refractivity contribution in [2.45, 2.75) is 12.5 Å². The second kappa shape index (κ2) is 6.09. The molecule has 0 heterocycles. The van der Waals surface area contributed by atoms with E-state index in [1.165, 1.54) is 32.4 Å². The van der Waals surface area contributed by atoms with Crippen LogP contribution in [0.3, 0.4) is 0 Å². The second-order valence-electron chi connectivity index (χ2n) is 3.46. The molecule has 94 valence electrons. The molecule has 6 heteroatoms. The molecule has 0 aliphatic carbocycles. The number of hydroxylamine groups is 2. The van der Waals surface area contributed by atoms with Crippen molar-refractivity contribution in [3.05, 3.63) is 34.1 Å². The monoisotopic (exact) mass is 305 g/mol. The van der Waals surface area contributed by atoms with Crippen LogP contribution in [0.25, 0.3) is 0 Å². The molecule has 1 aromatic rings. The van der Waals surface area contributed by atoms with Gasteiger partial charge in [0.2, 0.25) is 5.91 Å². The van der Waals surface area contributed by atoms with Gasteiger partial charge < -0.3 is 5.11 Å². The number of aliphatic hydroxyl groups is 1. The van der Waals surface area contributed by atoms with Crippen LogP contribution in [0.5, 0.6) is 0 Å². The molecule has 0 radical (unpaired) electrons. The highest BCUT2D eigenvalue weighted by Crippen LogP contribution is 2.24. The van der Waals surface area contributed by atoms with E-state index in [1.807, 2.05) is 0 Å². The van der Waals surface area contributed by atoms with Gasteiger partial charge in [-0.05, 0) is 18.2 Å². The van der Waals surface area contributed by atoms with Crippen LogP contribution >= 0.6 is 15.9 Å². The maximum absolute atomic E-state index is 13.4. The Labute approximate surface area is 107 Å².